The van der Waals surface area contributed by atoms with Gasteiger partial charge in [-0.1, -0.05) is 39.2 Å². The normalized spacial score (nSPS) is 13.0. The first-order valence-corrected chi connectivity index (χ1v) is 5.96. The number of hydrogen-bond donors (Lipinski definition) is 0. The summed E-state index contributed by atoms with van der Waals surface area (Å²) in [6.45, 7) is 13.5. The van der Waals surface area contributed by atoms with E-state index in [1.54, 1.807) is 17.4 Å². The largest absolute Gasteiger partial charge is 0.139 e. The number of allylic oxidation sites excluding steroid dienone is 1. The average Bonchev–Trinajstić information content (AvgIpc) is 2.52. The smallest absolute Gasteiger partial charge is 0.0650 e. The summed E-state index contributed by atoms with van der Waals surface area (Å²) in [5.41, 5.74) is 0. The molecule has 0 spiro atoms. The van der Waals surface area contributed by atoms with Gasteiger partial charge in [0, 0.05) is 9.41 Å². The highest BCUT2D eigenvalue weighted by Crippen LogP contribution is 2.19. The van der Waals surface area contributed by atoms with Gasteiger partial charge in [0.2, 0.25) is 0 Å². The van der Waals surface area contributed by atoms with Crippen LogP contribution in [0, 0.1) is 0 Å². The quantitative estimate of drug-likeness (QED) is 0.681. The molecule has 0 aliphatic heterocycles. The summed E-state index contributed by atoms with van der Waals surface area (Å²) in [6, 6.07) is 2.06. The molecule has 0 saturated heterocycles. The number of alkyl halides is 1. The molecule has 0 aliphatic carbocycles. The average molecular weight is 229 g/mol. The highest BCUT2D eigenvalue weighted by atomic mass is 35.5. The van der Waals surface area contributed by atoms with Crippen LogP contribution in [0.2, 0.25) is 0 Å². The van der Waals surface area contributed by atoms with Crippen LogP contribution >= 0.6 is 22.9 Å². The first-order chi connectivity index (χ1) is 6.65. The van der Waals surface area contributed by atoms with Gasteiger partial charge < -0.3 is 0 Å². The van der Waals surface area contributed by atoms with E-state index < -0.39 is 0 Å². The van der Waals surface area contributed by atoms with Crippen molar-refractivity contribution in [2.45, 2.75) is 26.1 Å². The van der Waals surface area contributed by atoms with Gasteiger partial charge in [-0.3, -0.25) is 0 Å². The molecule has 0 nitrogen and oxygen atoms in total. The zero-order chi connectivity index (χ0) is 11.1. The summed E-state index contributed by atoms with van der Waals surface area (Å²) >= 11 is 7.57. The van der Waals surface area contributed by atoms with Crippen LogP contribution in [0.3, 0.4) is 0 Å². The van der Waals surface area contributed by atoms with Crippen molar-refractivity contribution in [3.63, 3.8) is 0 Å². The third-order valence-corrected chi connectivity index (χ3v) is 3.10. The molecule has 1 unspecified atom stereocenters. The number of thiophene rings is 1. The van der Waals surface area contributed by atoms with Gasteiger partial charge in [0.25, 0.3) is 0 Å². The van der Waals surface area contributed by atoms with Gasteiger partial charge in [-0.2, -0.15) is 0 Å². The van der Waals surface area contributed by atoms with Crippen molar-refractivity contribution < 1.29 is 0 Å². The van der Waals surface area contributed by atoms with Crippen LogP contribution in [0.25, 0.3) is 12.7 Å². The zero-order valence-electron chi connectivity index (χ0n) is 9.01. The van der Waals surface area contributed by atoms with Crippen molar-refractivity contribution in [1.82, 2.24) is 0 Å². The van der Waals surface area contributed by atoms with Gasteiger partial charge in [-0.15, -0.1) is 22.9 Å². The molecule has 78 valence electrons. The van der Waals surface area contributed by atoms with Crippen molar-refractivity contribution in [3.8, 4) is 0 Å². The molecule has 0 N–H and O–H groups in total. The molecule has 1 aromatic rings. The van der Waals surface area contributed by atoms with E-state index in [1.807, 2.05) is 26.8 Å². The third-order valence-electron chi connectivity index (χ3n) is 1.55. The lowest BCUT2D eigenvalue weighted by molar-refractivity contribution is 1.12. The molecule has 0 aromatic carbocycles. The van der Waals surface area contributed by atoms with E-state index in [0.29, 0.717) is 0 Å². The summed E-state index contributed by atoms with van der Waals surface area (Å²) in [5, 5.41) is 1.19. The summed E-state index contributed by atoms with van der Waals surface area (Å²) in [5.74, 6) is 0. The molecular formula is C12H17ClS. The molecule has 0 saturated carbocycles. The van der Waals surface area contributed by atoms with Gasteiger partial charge in [-0.05, 0) is 18.2 Å². The Morgan fingerprint density at radius 3 is 2.43 bits per heavy atom. The molecule has 0 fully saturated rings. The fraction of sp³-hybridized carbons (Fsp3) is 0.333. The Hall–Kier alpha value is -0.530. The molecule has 2 heteroatoms. The lowest BCUT2D eigenvalue weighted by Gasteiger charge is -1.93. The summed E-state index contributed by atoms with van der Waals surface area (Å²) in [6.07, 6.45) is 3.71. The Bertz CT molecular complexity index is 374. The maximum atomic E-state index is 5.93. The fourth-order valence-corrected chi connectivity index (χ4v) is 2.00. The van der Waals surface area contributed by atoms with Crippen LogP contribution in [0.1, 0.15) is 31.0 Å². The van der Waals surface area contributed by atoms with Gasteiger partial charge in [0.05, 0.1) is 5.38 Å². The second-order valence-corrected chi connectivity index (χ2v) is 4.37. The van der Waals surface area contributed by atoms with Gasteiger partial charge in [0.15, 0.2) is 0 Å². The van der Waals surface area contributed by atoms with E-state index in [1.165, 1.54) is 0 Å². The topological polar surface area (TPSA) is 0 Å². The fourth-order valence-electron chi connectivity index (χ4n) is 0.928. The molecule has 0 radical (unpaired) electrons. The van der Waals surface area contributed by atoms with Crippen LogP contribution in [0.4, 0.5) is 0 Å². The van der Waals surface area contributed by atoms with Crippen LogP contribution in [0.15, 0.2) is 18.7 Å². The maximum Gasteiger partial charge on any atom is 0.0650 e. The van der Waals surface area contributed by atoms with Gasteiger partial charge >= 0.3 is 0 Å². The molecule has 1 heterocycles. The van der Waals surface area contributed by atoms with Crippen molar-refractivity contribution in [2.24, 2.45) is 0 Å². The monoisotopic (exact) mass is 228 g/mol. The molecule has 0 amide bonds. The van der Waals surface area contributed by atoms with Crippen molar-refractivity contribution >= 4 is 35.6 Å². The van der Waals surface area contributed by atoms with Crippen LogP contribution < -0.4 is 9.75 Å². The first-order valence-electron chi connectivity index (χ1n) is 4.70. The number of hydrogen-bond acceptors (Lipinski definition) is 1. The minimum absolute atomic E-state index is 0.0717. The predicted octanol–water partition coefficient (Wildman–Crippen LogP) is 3.45. The van der Waals surface area contributed by atoms with E-state index >= 15 is 0 Å². The van der Waals surface area contributed by atoms with Crippen molar-refractivity contribution in [3.05, 3.63) is 33.3 Å². The standard InChI is InChI=1S/C10H11ClS.C2H6/c1-4-5-9-6-10(7(2)11)12-8(9)3;1-2/h4-7H,1,3H2,2H3;1-2H3/b9-5-;. The van der Waals surface area contributed by atoms with E-state index in [9.17, 15) is 0 Å². The van der Waals surface area contributed by atoms with E-state index in [4.69, 9.17) is 11.6 Å². The summed E-state index contributed by atoms with van der Waals surface area (Å²) in [7, 11) is 0. The van der Waals surface area contributed by atoms with E-state index in [2.05, 4.69) is 19.2 Å². The highest BCUT2D eigenvalue weighted by Gasteiger charge is 2.02. The molecule has 1 rings (SSSR count). The molecule has 1 atom stereocenters. The van der Waals surface area contributed by atoms with Gasteiger partial charge in [0.1, 0.15) is 0 Å². The summed E-state index contributed by atoms with van der Waals surface area (Å²) < 4.78 is 1.05. The Morgan fingerprint density at radius 1 is 1.50 bits per heavy atom. The van der Waals surface area contributed by atoms with Gasteiger partial charge in [-0.25, -0.2) is 0 Å². The Morgan fingerprint density at radius 2 is 2.07 bits per heavy atom. The Kier molecular flexibility index (Phi) is 6.60. The van der Waals surface area contributed by atoms with E-state index in [0.717, 1.165) is 14.6 Å². The predicted molar refractivity (Wildman–Crippen MR) is 69.4 cm³/mol. The number of halogens is 1. The van der Waals surface area contributed by atoms with Crippen molar-refractivity contribution in [2.75, 3.05) is 0 Å². The SMILES string of the molecule is C=C/C=c1/cc(C(C)Cl)sc1=C.CC. The molecule has 0 bridgehead atoms. The third kappa shape index (κ3) is 3.69. The summed E-state index contributed by atoms with van der Waals surface area (Å²) in [4.78, 5) is 1.16. The second-order valence-electron chi connectivity index (χ2n) is 2.55. The zero-order valence-corrected chi connectivity index (χ0v) is 10.6. The molecule has 1 aromatic heterocycles. The van der Waals surface area contributed by atoms with Crippen LogP contribution in [0.5, 0.6) is 0 Å². The van der Waals surface area contributed by atoms with Crippen LogP contribution in [-0.2, 0) is 0 Å². The first kappa shape index (κ1) is 13.5. The molecule has 14 heavy (non-hydrogen) atoms. The molecular weight excluding hydrogens is 212 g/mol. The second kappa shape index (κ2) is 6.86. The van der Waals surface area contributed by atoms with Crippen molar-refractivity contribution in [1.29, 1.82) is 0 Å². The minimum Gasteiger partial charge on any atom is -0.139 e. The molecule has 0 aliphatic rings. The minimum atomic E-state index is 0.0717. The highest BCUT2D eigenvalue weighted by molar-refractivity contribution is 7.10. The number of rotatable bonds is 2. The lowest BCUT2D eigenvalue weighted by atomic mass is 10.3. The Labute approximate surface area is 95.2 Å². The van der Waals surface area contributed by atoms with E-state index in [-0.39, 0.29) is 5.38 Å². The Balaban J connectivity index is 0.000000791. The lowest BCUT2D eigenvalue weighted by Crippen LogP contribution is -2.14. The maximum absolute atomic E-state index is 5.93. The van der Waals surface area contributed by atoms with Crippen LogP contribution in [-0.4, -0.2) is 0 Å².